The number of para-hydroxylation sites is 1. The number of amides is 1. The van der Waals surface area contributed by atoms with Crippen LogP contribution in [0.25, 0.3) is 0 Å². The molecule has 0 spiro atoms. The van der Waals surface area contributed by atoms with Crippen molar-refractivity contribution in [2.45, 2.75) is 13.0 Å². The lowest BCUT2D eigenvalue weighted by molar-refractivity contribution is -0.117. The minimum atomic E-state index is -0.346. The number of allylic oxidation sites excluding steroid dienone is 1. The zero-order chi connectivity index (χ0) is 19.2. The topological polar surface area (TPSA) is 74.8 Å². The van der Waals surface area contributed by atoms with Gasteiger partial charge in [0.25, 0.3) is 5.91 Å². The average molecular weight is 380 g/mol. The number of methoxy groups -OCH3 is 1. The first-order chi connectivity index (χ1) is 13.1. The summed E-state index contributed by atoms with van der Waals surface area (Å²) in [4.78, 5) is 12.8. The number of nitrogens with zero attached hydrogens (tertiary/aromatic N) is 1. The van der Waals surface area contributed by atoms with E-state index in [-0.39, 0.29) is 11.9 Å². The fraction of sp³-hybridized carbons (Fsp3) is 0.150. The molecule has 1 atom stereocenters. The molecule has 1 aliphatic rings. The van der Waals surface area contributed by atoms with Crippen LogP contribution in [0.5, 0.6) is 5.75 Å². The monoisotopic (exact) mass is 380 g/mol. The Bertz CT molecular complexity index is 909. The summed E-state index contributed by atoms with van der Waals surface area (Å²) in [6, 6.07) is 16.8. The van der Waals surface area contributed by atoms with Crippen molar-refractivity contribution in [3.05, 3.63) is 77.0 Å². The van der Waals surface area contributed by atoms with E-state index in [2.05, 4.69) is 21.2 Å². The van der Waals surface area contributed by atoms with E-state index < -0.39 is 0 Å². The zero-order valence-corrected chi connectivity index (χ0v) is 15.8. The first-order valence-corrected chi connectivity index (χ1v) is 8.80. The highest BCUT2D eigenvalue weighted by Crippen LogP contribution is 2.26. The Hall–Kier alpha value is -3.19. The molecule has 3 N–H and O–H groups in total. The van der Waals surface area contributed by atoms with Gasteiger partial charge in [0.1, 0.15) is 5.75 Å². The van der Waals surface area contributed by atoms with Crippen LogP contribution in [0.3, 0.4) is 0 Å². The highest BCUT2D eigenvalue weighted by molar-refractivity contribution is 7.80. The maximum absolute atomic E-state index is 12.8. The van der Waals surface area contributed by atoms with Gasteiger partial charge in [-0.25, -0.2) is 5.43 Å². The van der Waals surface area contributed by atoms with Crippen LogP contribution >= 0.6 is 12.2 Å². The van der Waals surface area contributed by atoms with Gasteiger partial charge in [-0.2, -0.15) is 5.10 Å². The summed E-state index contributed by atoms with van der Waals surface area (Å²) in [5, 5.41) is 10.7. The maximum atomic E-state index is 12.8. The summed E-state index contributed by atoms with van der Waals surface area (Å²) >= 11 is 5.25. The molecule has 0 bridgehead atoms. The van der Waals surface area contributed by atoms with Gasteiger partial charge in [0.15, 0.2) is 5.11 Å². The van der Waals surface area contributed by atoms with Crippen LogP contribution in [0.2, 0.25) is 0 Å². The summed E-state index contributed by atoms with van der Waals surface area (Å²) in [5.74, 6) is 0.370. The van der Waals surface area contributed by atoms with E-state index in [9.17, 15) is 4.79 Å². The fourth-order valence-electron chi connectivity index (χ4n) is 2.88. The van der Waals surface area contributed by atoms with Crippen LogP contribution in [0.1, 0.15) is 24.1 Å². The van der Waals surface area contributed by atoms with E-state index in [4.69, 9.17) is 17.0 Å². The van der Waals surface area contributed by atoms with Gasteiger partial charge in [0.05, 0.1) is 24.9 Å². The quantitative estimate of drug-likeness (QED) is 0.422. The standard InChI is InChI=1S/C20H20N4O2S/c1-13-17(18(23-20(27)22-13)14-8-4-3-5-9-14)19(25)24-21-12-15-10-6-7-11-16(15)26-2/h3-12,18H,1-2H3,(H,24,25)(H2,22,23,27)/b21-12+. The third-order valence-corrected chi connectivity index (χ3v) is 4.38. The molecule has 0 aliphatic carbocycles. The summed E-state index contributed by atoms with van der Waals surface area (Å²) in [6.45, 7) is 1.82. The normalized spacial score (nSPS) is 16.7. The minimum Gasteiger partial charge on any atom is -0.496 e. The molecular weight excluding hydrogens is 360 g/mol. The highest BCUT2D eigenvalue weighted by atomic mass is 32.1. The maximum Gasteiger partial charge on any atom is 0.271 e. The van der Waals surface area contributed by atoms with E-state index in [0.29, 0.717) is 22.1 Å². The predicted molar refractivity (Wildman–Crippen MR) is 109 cm³/mol. The van der Waals surface area contributed by atoms with Gasteiger partial charge in [-0.1, -0.05) is 42.5 Å². The summed E-state index contributed by atoms with van der Waals surface area (Å²) in [6.07, 6.45) is 1.55. The molecule has 1 aliphatic heterocycles. The Labute approximate surface area is 163 Å². The molecule has 0 aromatic heterocycles. The minimum absolute atomic E-state index is 0.310. The van der Waals surface area contributed by atoms with Crippen LogP contribution < -0.4 is 20.8 Å². The fourth-order valence-corrected chi connectivity index (χ4v) is 3.16. The van der Waals surface area contributed by atoms with Gasteiger partial charge in [-0.05, 0) is 36.8 Å². The molecule has 1 unspecified atom stereocenters. The Morgan fingerprint density at radius 1 is 1.19 bits per heavy atom. The second kappa shape index (κ2) is 8.46. The second-order valence-corrected chi connectivity index (χ2v) is 6.33. The van der Waals surface area contributed by atoms with Gasteiger partial charge < -0.3 is 15.4 Å². The van der Waals surface area contributed by atoms with Gasteiger partial charge in [-0.3, -0.25) is 4.79 Å². The van der Waals surface area contributed by atoms with E-state index in [1.165, 1.54) is 0 Å². The lowest BCUT2D eigenvalue weighted by atomic mass is 9.95. The van der Waals surface area contributed by atoms with E-state index in [0.717, 1.165) is 11.1 Å². The van der Waals surface area contributed by atoms with Crippen molar-refractivity contribution in [2.24, 2.45) is 5.10 Å². The highest BCUT2D eigenvalue weighted by Gasteiger charge is 2.29. The van der Waals surface area contributed by atoms with Crippen LogP contribution in [-0.4, -0.2) is 24.3 Å². The Morgan fingerprint density at radius 2 is 1.89 bits per heavy atom. The van der Waals surface area contributed by atoms with Crippen LogP contribution in [-0.2, 0) is 4.79 Å². The van der Waals surface area contributed by atoms with Crippen LogP contribution in [0.4, 0.5) is 0 Å². The third kappa shape index (κ3) is 4.32. The van der Waals surface area contributed by atoms with Crippen LogP contribution in [0.15, 0.2) is 71.0 Å². The molecule has 27 heavy (non-hydrogen) atoms. The van der Waals surface area contributed by atoms with Crippen molar-refractivity contribution in [3.63, 3.8) is 0 Å². The summed E-state index contributed by atoms with van der Waals surface area (Å²) in [5.41, 5.74) is 5.53. The molecule has 0 fully saturated rings. The molecule has 1 heterocycles. The summed E-state index contributed by atoms with van der Waals surface area (Å²) in [7, 11) is 1.59. The molecule has 2 aromatic carbocycles. The van der Waals surface area contributed by atoms with Crippen LogP contribution in [0, 0.1) is 0 Å². The van der Waals surface area contributed by atoms with Crippen molar-refractivity contribution in [2.75, 3.05) is 7.11 Å². The predicted octanol–water partition coefficient (Wildman–Crippen LogP) is 2.64. The van der Waals surface area contributed by atoms with E-state index >= 15 is 0 Å². The summed E-state index contributed by atoms with van der Waals surface area (Å²) < 4.78 is 5.28. The molecule has 0 saturated carbocycles. The molecular formula is C20H20N4O2S. The number of rotatable bonds is 5. The molecule has 7 heteroatoms. The number of benzene rings is 2. The zero-order valence-electron chi connectivity index (χ0n) is 15.0. The number of hydrogen-bond acceptors (Lipinski definition) is 4. The molecule has 0 radical (unpaired) electrons. The molecule has 6 nitrogen and oxygen atoms in total. The first-order valence-electron chi connectivity index (χ1n) is 8.40. The smallest absolute Gasteiger partial charge is 0.271 e. The van der Waals surface area contributed by atoms with Gasteiger partial charge in [-0.15, -0.1) is 0 Å². The number of hydrogen-bond donors (Lipinski definition) is 3. The van der Waals surface area contributed by atoms with E-state index in [1.54, 1.807) is 13.3 Å². The van der Waals surface area contributed by atoms with Crippen molar-refractivity contribution >= 4 is 29.5 Å². The largest absolute Gasteiger partial charge is 0.496 e. The number of ether oxygens (including phenoxy) is 1. The van der Waals surface area contributed by atoms with Gasteiger partial charge in [0, 0.05) is 11.3 Å². The number of hydrazone groups is 1. The SMILES string of the molecule is COc1ccccc1/C=N/NC(=O)C1=C(C)NC(=S)NC1c1ccccc1. The Balaban J connectivity index is 1.82. The molecule has 1 amide bonds. The number of nitrogens with one attached hydrogen (secondary N) is 3. The van der Waals surface area contributed by atoms with Crippen molar-refractivity contribution in [1.82, 2.24) is 16.1 Å². The Kier molecular flexibility index (Phi) is 5.83. The van der Waals surface area contributed by atoms with Crippen molar-refractivity contribution in [1.29, 1.82) is 0 Å². The average Bonchev–Trinajstić information content (AvgIpc) is 2.68. The van der Waals surface area contributed by atoms with Crippen molar-refractivity contribution < 1.29 is 9.53 Å². The number of carbonyl (C=O) groups is 1. The van der Waals surface area contributed by atoms with Gasteiger partial charge >= 0.3 is 0 Å². The van der Waals surface area contributed by atoms with Gasteiger partial charge in [0.2, 0.25) is 0 Å². The second-order valence-electron chi connectivity index (χ2n) is 5.92. The lowest BCUT2D eigenvalue weighted by Crippen LogP contribution is -2.46. The lowest BCUT2D eigenvalue weighted by Gasteiger charge is -2.29. The molecule has 0 saturated heterocycles. The number of carbonyl (C=O) groups excluding carboxylic acids is 1. The molecule has 2 aromatic rings. The molecule has 138 valence electrons. The van der Waals surface area contributed by atoms with E-state index in [1.807, 2.05) is 61.5 Å². The first kappa shape index (κ1) is 18.6. The Morgan fingerprint density at radius 3 is 2.63 bits per heavy atom. The number of thiocarbonyl (C=S) groups is 1. The molecule has 3 rings (SSSR count). The third-order valence-electron chi connectivity index (χ3n) is 4.16. The van der Waals surface area contributed by atoms with Crippen molar-refractivity contribution in [3.8, 4) is 5.75 Å².